The highest BCUT2D eigenvalue weighted by atomic mass is 16.5. The molecule has 0 saturated heterocycles. The quantitative estimate of drug-likeness (QED) is 0.281. The molecule has 4 rings (SSSR count). The van der Waals surface area contributed by atoms with Gasteiger partial charge in [0.25, 0.3) is 0 Å². The summed E-state index contributed by atoms with van der Waals surface area (Å²) in [6.07, 6.45) is 1.90. The van der Waals surface area contributed by atoms with Crippen molar-refractivity contribution in [3.05, 3.63) is 95.4 Å². The van der Waals surface area contributed by atoms with Crippen molar-refractivity contribution in [3.63, 3.8) is 0 Å². The fraction of sp³-hybridized carbons (Fsp3) is 0.154. The Morgan fingerprint density at radius 1 is 0.967 bits per heavy atom. The number of aromatic nitrogens is 1. The largest absolute Gasteiger partial charge is 0.491 e. The minimum atomic E-state index is -0.154. The van der Waals surface area contributed by atoms with E-state index in [0.717, 1.165) is 22.4 Å². The second-order valence-electron chi connectivity index (χ2n) is 7.48. The van der Waals surface area contributed by atoms with Crippen LogP contribution in [0.5, 0.6) is 5.75 Å². The first kappa shape index (κ1) is 19.6. The van der Waals surface area contributed by atoms with E-state index in [9.17, 15) is 4.79 Å². The van der Waals surface area contributed by atoms with Crippen LogP contribution in [0.4, 0.5) is 0 Å². The van der Waals surface area contributed by atoms with E-state index in [4.69, 9.17) is 9.15 Å². The number of oxazole rings is 1. The number of nitrogens with zero attached hydrogens (tertiary/aromatic N) is 1. The number of carbonyl (C=O) groups excluding carboxylic acids is 1. The van der Waals surface area contributed by atoms with Crippen LogP contribution in [0.25, 0.3) is 22.7 Å². The topological polar surface area (TPSA) is 52.3 Å². The van der Waals surface area contributed by atoms with Gasteiger partial charge in [0.1, 0.15) is 11.3 Å². The Labute approximate surface area is 175 Å². The van der Waals surface area contributed by atoms with Crippen molar-refractivity contribution in [2.24, 2.45) is 0 Å². The molecule has 1 heterocycles. The van der Waals surface area contributed by atoms with Gasteiger partial charge >= 0.3 is 0 Å². The Bertz CT molecular complexity index is 1170. The van der Waals surface area contributed by atoms with E-state index in [1.165, 1.54) is 0 Å². The molecular weight excluding hydrogens is 374 g/mol. The summed E-state index contributed by atoms with van der Waals surface area (Å²) in [6, 6.07) is 22.6. The van der Waals surface area contributed by atoms with Crippen LogP contribution >= 0.6 is 0 Å². The van der Waals surface area contributed by atoms with Crippen molar-refractivity contribution in [1.29, 1.82) is 0 Å². The summed E-state index contributed by atoms with van der Waals surface area (Å²) in [4.78, 5) is 18.0. The number of rotatable bonds is 6. The highest BCUT2D eigenvalue weighted by molar-refractivity contribution is 6.31. The van der Waals surface area contributed by atoms with Crippen LogP contribution in [0.15, 0.2) is 77.2 Å². The number of para-hydroxylation sites is 2. The van der Waals surface area contributed by atoms with Gasteiger partial charge in [0.05, 0.1) is 11.7 Å². The van der Waals surface area contributed by atoms with E-state index >= 15 is 0 Å². The van der Waals surface area contributed by atoms with Gasteiger partial charge in [-0.1, -0.05) is 42.0 Å². The molecule has 0 N–H and O–H groups in total. The summed E-state index contributed by atoms with van der Waals surface area (Å²) in [5, 5.41) is 0. The maximum absolute atomic E-state index is 13.4. The van der Waals surface area contributed by atoms with Crippen LogP contribution in [0.2, 0.25) is 0 Å². The number of ketones is 1. The number of carbonyl (C=O) groups is 1. The number of Topliss-reactive ketones (excluding diaryl/α,β-unsaturated/α-hetero) is 1. The van der Waals surface area contributed by atoms with Gasteiger partial charge in [-0.25, -0.2) is 4.98 Å². The third kappa shape index (κ3) is 4.33. The van der Waals surface area contributed by atoms with Crippen LogP contribution in [0, 0.1) is 6.92 Å². The maximum atomic E-state index is 13.4. The summed E-state index contributed by atoms with van der Waals surface area (Å²) in [5.41, 5.74) is 4.39. The molecule has 0 saturated carbocycles. The molecule has 0 spiro atoms. The van der Waals surface area contributed by atoms with Gasteiger partial charge < -0.3 is 9.15 Å². The predicted octanol–water partition coefficient (Wildman–Crippen LogP) is 6.35. The minimum absolute atomic E-state index is 0.0725. The summed E-state index contributed by atoms with van der Waals surface area (Å²) < 4.78 is 11.6. The lowest BCUT2D eigenvalue weighted by Gasteiger charge is -2.10. The second-order valence-corrected chi connectivity index (χ2v) is 7.48. The number of hydrogen-bond acceptors (Lipinski definition) is 4. The molecule has 0 bridgehead atoms. The van der Waals surface area contributed by atoms with E-state index in [0.29, 0.717) is 22.6 Å². The van der Waals surface area contributed by atoms with E-state index in [2.05, 4.69) is 4.98 Å². The predicted molar refractivity (Wildman–Crippen MR) is 120 cm³/mol. The van der Waals surface area contributed by atoms with E-state index < -0.39 is 0 Å². The number of allylic oxidation sites excluding steroid dienone is 1. The lowest BCUT2D eigenvalue weighted by molar-refractivity contribution is 0.105. The van der Waals surface area contributed by atoms with Crippen molar-refractivity contribution in [3.8, 4) is 5.75 Å². The molecule has 4 aromatic rings. The highest BCUT2D eigenvalue weighted by Crippen LogP contribution is 2.27. The molecule has 0 aliphatic rings. The van der Waals surface area contributed by atoms with Crippen molar-refractivity contribution in [1.82, 2.24) is 4.98 Å². The fourth-order valence-electron chi connectivity index (χ4n) is 3.15. The molecule has 0 radical (unpaired) electrons. The number of ether oxygens (including phenoxy) is 1. The fourth-order valence-corrected chi connectivity index (χ4v) is 3.15. The van der Waals surface area contributed by atoms with Gasteiger partial charge in [-0.05, 0) is 68.8 Å². The van der Waals surface area contributed by atoms with Gasteiger partial charge in [0.15, 0.2) is 11.4 Å². The summed E-state index contributed by atoms with van der Waals surface area (Å²) in [7, 11) is 0. The number of aryl methyl sites for hydroxylation is 1. The first-order chi connectivity index (χ1) is 14.5. The Morgan fingerprint density at radius 3 is 2.33 bits per heavy atom. The molecule has 0 aliphatic carbocycles. The highest BCUT2D eigenvalue weighted by Gasteiger charge is 2.20. The minimum Gasteiger partial charge on any atom is -0.491 e. The van der Waals surface area contributed by atoms with Crippen molar-refractivity contribution < 1.29 is 13.9 Å². The molecule has 0 unspecified atom stereocenters. The van der Waals surface area contributed by atoms with Crippen LogP contribution in [-0.2, 0) is 0 Å². The average molecular weight is 397 g/mol. The molecule has 0 aliphatic heterocycles. The zero-order chi connectivity index (χ0) is 21.1. The average Bonchev–Trinajstić information content (AvgIpc) is 3.17. The smallest absolute Gasteiger partial charge is 0.231 e. The standard InChI is InChI=1S/C26H23NO3/c1-17(2)29-21-14-12-20(13-15-21)25(28)22(16-19-10-8-18(3)9-11-19)26-27-23-6-4-5-7-24(23)30-26/h4-17H,1-3H3. The van der Waals surface area contributed by atoms with Crippen LogP contribution in [0.3, 0.4) is 0 Å². The van der Waals surface area contributed by atoms with Crippen LogP contribution in [-0.4, -0.2) is 16.9 Å². The van der Waals surface area contributed by atoms with Gasteiger partial charge in [0.2, 0.25) is 5.89 Å². The third-order valence-corrected chi connectivity index (χ3v) is 4.65. The third-order valence-electron chi connectivity index (χ3n) is 4.65. The van der Waals surface area contributed by atoms with Crippen LogP contribution in [0.1, 0.15) is 41.2 Å². The van der Waals surface area contributed by atoms with Gasteiger partial charge in [-0.3, -0.25) is 4.79 Å². The van der Waals surface area contributed by atoms with Crippen molar-refractivity contribution >= 4 is 28.5 Å². The van der Waals surface area contributed by atoms with E-state index in [1.807, 2.05) is 87.5 Å². The number of hydrogen-bond donors (Lipinski definition) is 0. The molecule has 0 fully saturated rings. The summed E-state index contributed by atoms with van der Waals surface area (Å²) >= 11 is 0. The molecule has 30 heavy (non-hydrogen) atoms. The lowest BCUT2D eigenvalue weighted by atomic mass is 10.0. The SMILES string of the molecule is Cc1ccc(C=C(C(=O)c2ccc(OC(C)C)cc2)c2nc3ccccc3o2)cc1. The molecule has 4 nitrogen and oxygen atoms in total. The Morgan fingerprint density at radius 2 is 1.67 bits per heavy atom. The molecular formula is C26H23NO3. The normalized spacial score (nSPS) is 11.8. The molecule has 1 aromatic heterocycles. The summed E-state index contributed by atoms with van der Waals surface area (Å²) in [6.45, 7) is 5.96. The lowest BCUT2D eigenvalue weighted by Crippen LogP contribution is -2.06. The molecule has 4 heteroatoms. The van der Waals surface area contributed by atoms with Gasteiger partial charge in [-0.2, -0.15) is 0 Å². The van der Waals surface area contributed by atoms with Crippen LogP contribution < -0.4 is 4.74 Å². The summed E-state index contributed by atoms with van der Waals surface area (Å²) in [5.74, 6) is 0.884. The monoisotopic (exact) mass is 397 g/mol. The zero-order valence-corrected chi connectivity index (χ0v) is 17.3. The Balaban J connectivity index is 1.76. The number of fused-ring (bicyclic) bond motifs is 1. The number of benzene rings is 3. The molecule has 0 amide bonds. The van der Waals surface area contributed by atoms with E-state index in [1.54, 1.807) is 12.1 Å². The van der Waals surface area contributed by atoms with Gasteiger partial charge in [-0.15, -0.1) is 0 Å². The second kappa shape index (κ2) is 8.37. The van der Waals surface area contributed by atoms with Crippen molar-refractivity contribution in [2.75, 3.05) is 0 Å². The zero-order valence-electron chi connectivity index (χ0n) is 17.3. The van der Waals surface area contributed by atoms with E-state index in [-0.39, 0.29) is 11.9 Å². The molecule has 150 valence electrons. The first-order valence-electron chi connectivity index (χ1n) is 9.95. The maximum Gasteiger partial charge on any atom is 0.231 e. The Hall–Kier alpha value is -3.66. The van der Waals surface area contributed by atoms with Gasteiger partial charge in [0, 0.05) is 5.56 Å². The Kier molecular flexibility index (Phi) is 5.48. The van der Waals surface area contributed by atoms with Crippen molar-refractivity contribution in [2.45, 2.75) is 26.9 Å². The first-order valence-corrected chi connectivity index (χ1v) is 9.95. The molecule has 0 atom stereocenters. The molecule has 3 aromatic carbocycles.